The Bertz CT molecular complexity index is 1200. The maximum absolute atomic E-state index is 12.8. The average Bonchev–Trinajstić information content (AvgIpc) is 3.52. The number of nitrogens with zero attached hydrogens (tertiary/aromatic N) is 5. The second-order valence-corrected chi connectivity index (χ2v) is 6.90. The second-order valence-electron chi connectivity index (χ2n) is 6.90. The molecule has 29 heavy (non-hydrogen) atoms. The van der Waals surface area contributed by atoms with Crippen LogP contribution in [0.3, 0.4) is 0 Å². The first-order valence-corrected chi connectivity index (χ1v) is 9.35. The van der Waals surface area contributed by atoms with Gasteiger partial charge in [-0.15, -0.1) is 5.10 Å². The predicted molar refractivity (Wildman–Crippen MR) is 107 cm³/mol. The summed E-state index contributed by atoms with van der Waals surface area (Å²) < 4.78 is 6.89. The molecule has 1 aliphatic rings. The molecule has 8 nitrogen and oxygen atoms in total. The number of fused-ring (bicyclic) bond motifs is 1. The van der Waals surface area contributed by atoms with E-state index in [4.69, 9.17) is 4.74 Å². The van der Waals surface area contributed by atoms with Gasteiger partial charge in [0.05, 0.1) is 19.0 Å². The highest BCUT2D eigenvalue weighted by molar-refractivity contribution is 6.04. The van der Waals surface area contributed by atoms with Crippen LogP contribution in [-0.4, -0.2) is 37.6 Å². The van der Waals surface area contributed by atoms with Crippen molar-refractivity contribution in [3.05, 3.63) is 66.2 Å². The molecule has 0 saturated heterocycles. The van der Waals surface area contributed by atoms with Crippen molar-refractivity contribution in [2.24, 2.45) is 0 Å². The second kappa shape index (κ2) is 6.97. The molecule has 1 saturated carbocycles. The topological polar surface area (TPSA) is 94.3 Å². The highest BCUT2D eigenvalue weighted by atomic mass is 16.5. The maximum Gasteiger partial charge on any atom is 0.279 e. The molecule has 0 radical (unpaired) electrons. The number of methoxy groups -OCH3 is 1. The number of anilines is 1. The summed E-state index contributed by atoms with van der Waals surface area (Å²) >= 11 is 0. The lowest BCUT2D eigenvalue weighted by Gasteiger charge is -2.09. The van der Waals surface area contributed by atoms with Gasteiger partial charge in [-0.3, -0.25) is 4.79 Å². The number of carbonyl (C=O) groups excluding carboxylic acids is 1. The molecule has 0 bridgehead atoms. The molecule has 0 atom stereocenters. The van der Waals surface area contributed by atoms with Gasteiger partial charge < -0.3 is 10.1 Å². The number of hydrogen-bond donors (Lipinski definition) is 1. The molecule has 3 heterocycles. The highest BCUT2D eigenvalue weighted by Crippen LogP contribution is 2.39. The molecule has 1 aromatic carbocycles. The third-order valence-electron chi connectivity index (χ3n) is 4.79. The molecule has 1 aliphatic carbocycles. The Balaban J connectivity index is 1.43. The van der Waals surface area contributed by atoms with E-state index < -0.39 is 0 Å². The first-order valence-electron chi connectivity index (χ1n) is 9.35. The Kier molecular flexibility index (Phi) is 4.16. The third-order valence-corrected chi connectivity index (χ3v) is 4.79. The summed E-state index contributed by atoms with van der Waals surface area (Å²) in [5.74, 6) is 0.855. The summed E-state index contributed by atoms with van der Waals surface area (Å²) in [5, 5.41) is 7.34. The van der Waals surface area contributed by atoms with Gasteiger partial charge in [-0.1, -0.05) is 30.3 Å². The molecule has 144 valence electrons. The number of carbonyl (C=O) groups is 1. The van der Waals surface area contributed by atoms with Crippen LogP contribution in [0.25, 0.3) is 17.0 Å². The molecule has 5 rings (SSSR count). The van der Waals surface area contributed by atoms with E-state index in [2.05, 4.69) is 25.4 Å². The van der Waals surface area contributed by atoms with Gasteiger partial charge >= 0.3 is 0 Å². The van der Waals surface area contributed by atoms with Crippen LogP contribution >= 0.6 is 0 Å². The van der Waals surface area contributed by atoms with E-state index in [1.807, 2.05) is 30.3 Å². The van der Waals surface area contributed by atoms with Crippen LogP contribution in [0.4, 0.5) is 5.69 Å². The SMILES string of the molecule is COc1ncc(C2CC2)nc1C(=O)Nc1ccn2nc(-c3ccccc3)nc2c1. The monoisotopic (exact) mass is 386 g/mol. The van der Waals surface area contributed by atoms with Gasteiger partial charge in [0, 0.05) is 29.4 Å². The molecule has 0 aliphatic heterocycles. The quantitative estimate of drug-likeness (QED) is 0.565. The van der Waals surface area contributed by atoms with Crippen molar-refractivity contribution < 1.29 is 9.53 Å². The molecular weight excluding hydrogens is 368 g/mol. The number of amides is 1. The fourth-order valence-electron chi connectivity index (χ4n) is 3.12. The molecule has 8 heteroatoms. The van der Waals surface area contributed by atoms with Crippen LogP contribution in [0.1, 0.15) is 34.9 Å². The molecule has 0 spiro atoms. The largest absolute Gasteiger partial charge is 0.479 e. The lowest BCUT2D eigenvalue weighted by molar-refractivity contribution is 0.101. The van der Waals surface area contributed by atoms with Crippen molar-refractivity contribution in [3.63, 3.8) is 0 Å². The van der Waals surface area contributed by atoms with Crippen molar-refractivity contribution in [3.8, 4) is 17.3 Å². The first-order chi connectivity index (χ1) is 14.2. The van der Waals surface area contributed by atoms with Gasteiger partial charge in [-0.2, -0.15) is 0 Å². The number of hydrogen-bond acceptors (Lipinski definition) is 6. The number of pyridine rings is 1. The number of benzene rings is 1. The van der Waals surface area contributed by atoms with Gasteiger partial charge in [-0.05, 0) is 18.9 Å². The highest BCUT2D eigenvalue weighted by Gasteiger charge is 2.28. The lowest BCUT2D eigenvalue weighted by Crippen LogP contribution is -2.17. The summed E-state index contributed by atoms with van der Waals surface area (Å²) in [7, 11) is 1.48. The zero-order valence-electron chi connectivity index (χ0n) is 15.7. The zero-order valence-corrected chi connectivity index (χ0v) is 15.7. The van der Waals surface area contributed by atoms with Crippen LogP contribution in [0.15, 0.2) is 54.9 Å². The van der Waals surface area contributed by atoms with E-state index in [0.717, 1.165) is 24.1 Å². The fraction of sp³-hybridized carbons (Fsp3) is 0.190. The Labute approximate surface area is 166 Å². The normalized spacial score (nSPS) is 13.4. The predicted octanol–water partition coefficient (Wildman–Crippen LogP) is 3.32. The lowest BCUT2D eigenvalue weighted by atomic mass is 10.2. The molecular formula is C21H18N6O2. The van der Waals surface area contributed by atoms with E-state index in [0.29, 0.717) is 23.1 Å². The molecule has 1 fully saturated rings. The molecule has 0 unspecified atom stereocenters. The Morgan fingerprint density at radius 3 is 2.76 bits per heavy atom. The maximum atomic E-state index is 12.8. The van der Waals surface area contributed by atoms with Gasteiger partial charge in [-0.25, -0.2) is 19.5 Å². The van der Waals surface area contributed by atoms with E-state index in [9.17, 15) is 4.79 Å². The van der Waals surface area contributed by atoms with Gasteiger partial charge in [0.25, 0.3) is 5.91 Å². The van der Waals surface area contributed by atoms with E-state index >= 15 is 0 Å². The summed E-state index contributed by atoms with van der Waals surface area (Å²) in [6, 6.07) is 13.3. The minimum absolute atomic E-state index is 0.184. The summed E-state index contributed by atoms with van der Waals surface area (Å²) in [4.78, 5) is 26.1. The van der Waals surface area contributed by atoms with Gasteiger partial charge in [0.1, 0.15) is 0 Å². The summed E-state index contributed by atoms with van der Waals surface area (Å²) in [6.07, 6.45) is 5.60. The van der Waals surface area contributed by atoms with Crippen molar-refractivity contribution >= 4 is 17.2 Å². The van der Waals surface area contributed by atoms with Gasteiger partial charge in [0.2, 0.25) is 5.88 Å². The Hall–Kier alpha value is -3.81. The molecule has 1 N–H and O–H groups in total. The molecule has 1 amide bonds. The van der Waals surface area contributed by atoms with Gasteiger partial charge in [0.15, 0.2) is 17.2 Å². The summed E-state index contributed by atoms with van der Waals surface area (Å²) in [6.45, 7) is 0. The number of aromatic nitrogens is 5. The van der Waals surface area contributed by atoms with Crippen LogP contribution < -0.4 is 10.1 Å². The van der Waals surface area contributed by atoms with Crippen LogP contribution in [0, 0.1) is 0 Å². The van der Waals surface area contributed by atoms with Crippen molar-refractivity contribution in [2.75, 3.05) is 12.4 Å². The van der Waals surface area contributed by atoms with Crippen molar-refractivity contribution in [1.82, 2.24) is 24.6 Å². The van der Waals surface area contributed by atoms with E-state index in [1.165, 1.54) is 7.11 Å². The smallest absolute Gasteiger partial charge is 0.279 e. The number of nitrogens with one attached hydrogen (secondary N) is 1. The average molecular weight is 386 g/mol. The zero-order chi connectivity index (χ0) is 19.8. The Morgan fingerprint density at radius 2 is 2.00 bits per heavy atom. The number of rotatable bonds is 5. The minimum Gasteiger partial charge on any atom is -0.479 e. The minimum atomic E-state index is -0.371. The standard InChI is InChI=1S/C21H18N6O2/c1-29-21-18(24-16(12-22-21)13-7-8-13)20(28)23-15-9-10-27-17(11-15)25-19(26-27)14-5-3-2-4-6-14/h2-6,9-13H,7-8H2,1H3,(H,23,28). The van der Waals surface area contributed by atoms with E-state index in [1.54, 1.807) is 29.0 Å². The first kappa shape index (κ1) is 17.3. The van der Waals surface area contributed by atoms with E-state index in [-0.39, 0.29) is 17.5 Å². The van der Waals surface area contributed by atoms with Crippen LogP contribution in [0.5, 0.6) is 5.88 Å². The summed E-state index contributed by atoms with van der Waals surface area (Å²) in [5.41, 5.74) is 3.17. The Morgan fingerprint density at radius 1 is 1.17 bits per heavy atom. The third kappa shape index (κ3) is 3.40. The molecule has 4 aromatic rings. The molecule has 3 aromatic heterocycles. The van der Waals surface area contributed by atoms with Crippen LogP contribution in [-0.2, 0) is 0 Å². The van der Waals surface area contributed by atoms with Crippen molar-refractivity contribution in [2.45, 2.75) is 18.8 Å². The van der Waals surface area contributed by atoms with Crippen LogP contribution in [0.2, 0.25) is 0 Å². The fourth-order valence-corrected chi connectivity index (χ4v) is 3.12. The number of ether oxygens (including phenoxy) is 1. The van der Waals surface area contributed by atoms with Crippen molar-refractivity contribution in [1.29, 1.82) is 0 Å².